The molecule has 9 heteroatoms. The number of aromatic nitrogens is 4. The van der Waals surface area contributed by atoms with Gasteiger partial charge in [0.1, 0.15) is 0 Å². The van der Waals surface area contributed by atoms with E-state index >= 15 is 0 Å². The number of carbonyl (C=O) groups excluding carboxylic acids is 1. The molecule has 1 aromatic carbocycles. The molecule has 0 aliphatic carbocycles. The van der Waals surface area contributed by atoms with Crippen LogP contribution in [0.1, 0.15) is 16.2 Å². The molecule has 3 aromatic rings. The molecule has 1 fully saturated rings. The zero-order valence-corrected chi connectivity index (χ0v) is 15.6. The van der Waals surface area contributed by atoms with E-state index in [1.165, 1.54) is 0 Å². The quantitative estimate of drug-likeness (QED) is 0.683. The van der Waals surface area contributed by atoms with Crippen molar-refractivity contribution >= 4 is 17.5 Å². The summed E-state index contributed by atoms with van der Waals surface area (Å²) in [6, 6.07) is 7.32. The first-order valence-electron chi connectivity index (χ1n) is 8.67. The van der Waals surface area contributed by atoms with Crippen molar-refractivity contribution in [2.24, 2.45) is 7.05 Å². The fourth-order valence-electron chi connectivity index (χ4n) is 3.05. The first kappa shape index (κ1) is 17.7. The lowest BCUT2D eigenvalue weighted by Gasteiger charge is -2.33. The summed E-state index contributed by atoms with van der Waals surface area (Å²) in [4.78, 5) is 21.0. The number of rotatable bonds is 4. The van der Waals surface area contributed by atoms with Gasteiger partial charge in [-0.3, -0.25) is 14.4 Å². The van der Waals surface area contributed by atoms with Crippen LogP contribution in [-0.2, 0) is 13.6 Å². The fraction of sp³-hybridized carbons (Fsp3) is 0.333. The third-order valence-electron chi connectivity index (χ3n) is 4.54. The van der Waals surface area contributed by atoms with E-state index in [-0.39, 0.29) is 5.91 Å². The molecule has 0 spiro atoms. The molecule has 1 amide bonds. The van der Waals surface area contributed by atoms with E-state index in [0.717, 1.165) is 18.7 Å². The van der Waals surface area contributed by atoms with Crippen LogP contribution in [0.5, 0.6) is 0 Å². The summed E-state index contributed by atoms with van der Waals surface area (Å²) in [5, 5.41) is 8.76. The van der Waals surface area contributed by atoms with E-state index in [1.54, 1.807) is 36.3 Å². The Hall–Kier alpha value is -2.71. The summed E-state index contributed by atoms with van der Waals surface area (Å²) in [5.41, 5.74) is 1.48. The van der Waals surface area contributed by atoms with Crippen LogP contribution in [0.3, 0.4) is 0 Å². The van der Waals surface area contributed by atoms with Gasteiger partial charge < -0.3 is 9.42 Å². The predicted molar refractivity (Wildman–Crippen MR) is 99.1 cm³/mol. The summed E-state index contributed by atoms with van der Waals surface area (Å²) >= 11 is 5.90. The second-order valence-electron chi connectivity index (χ2n) is 6.49. The minimum absolute atomic E-state index is 0.0190. The summed E-state index contributed by atoms with van der Waals surface area (Å²) in [7, 11) is 1.80. The number of hydrogen-bond acceptors (Lipinski definition) is 6. The number of benzene rings is 1. The fourth-order valence-corrected chi connectivity index (χ4v) is 3.18. The van der Waals surface area contributed by atoms with Gasteiger partial charge in [-0.15, -0.1) is 0 Å². The van der Waals surface area contributed by atoms with Crippen LogP contribution in [0.25, 0.3) is 11.4 Å². The van der Waals surface area contributed by atoms with Gasteiger partial charge in [-0.1, -0.05) is 16.8 Å². The summed E-state index contributed by atoms with van der Waals surface area (Å²) < 4.78 is 7.01. The van der Waals surface area contributed by atoms with Gasteiger partial charge in [0.15, 0.2) is 0 Å². The van der Waals surface area contributed by atoms with Gasteiger partial charge in [0.05, 0.1) is 18.3 Å². The van der Waals surface area contributed by atoms with Crippen LogP contribution in [-0.4, -0.2) is 61.8 Å². The maximum Gasteiger partial charge on any atom is 0.257 e. The van der Waals surface area contributed by atoms with Gasteiger partial charge >= 0.3 is 0 Å². The minimum Gasteiger partial charge on any atom is -0.338 e. The number of amides is 1. The van der Waals surface area contributed by atoms with Gasteiger partial charge in [0, 0.05) is 50.0 Å². The van der Waals surface area contributed by atoms with Crippen LogP contribution in [0.4, 0.5) is 0 Å². The van der Waals surface area contributed by atoms with Crippen molar-refractivity contribution in [3.63, 3.8) is 0 Å². The van der Waals surface area contributed by atoms with Gasteiger partial charge in [0.25, 0.3) is 5.91 Å². The third kappa shape index (κ3) is 4.01. The van der Waals surface area contributed by atoms with Crippen LogP contribution < -0.4 is 0 Å². The Bertz CT molecular complexity index is 927. The molecule has 27 heavy (non-hydrogen) atoms. The molecule has 0 radical (unpaired) electrons. The zero-order valence-electron chi connectivity index (χ0n) is 14.9. The van der Waals surface area contributed by atoms with Gasteiger partial charge in [-0.25, -0.2) is 0 Å². The lowest BCUT2D eigenvalue weighted by Crippen LogP contribution is -2.48. The first-order valence-corrected chi connectivity index (χ1v) is 9.05. The molecule has 0 unspecified atom stereocenters. The van der Waals surface area contributed by atoms with Crippen molar-refractivity contribution in [1.82, 2.24) is 29.7 Å². The number of nitrogens with zero attached hydrogens (tertiary/aromatic N) is 6. The van der Waals surface area contributed by atoms with E-state index in [4.69, 9.17) is 16.1 Å². The predicted octanol–water partition coefficient (Wildman–Crippen LogP) is 2.08. The molecule has 0 saturated carbocycles. The highest BCUT2D eigenvalue weighted by Gasteiger charge is 2.24. The van der Waals surface area contributed by atoms with Gasteiger partial charge in [-0.2, -0.15) is 10.1 Å². The zero-order chi connectivity index (χ0) is 18.8. The highest BCUT2D eigenvalue weighted by atomic mass is 35.5. The average Bonchev–Trinajstić information content (AvgIpc) is 3.32. The molecule has 1 aliphatic rings. The molecule has 1 saturated heterocycles. The molecule has 0 bridgehead atoms. The van der Waals surface area contributed by atoms with Crippen molar-refractivity contribution < 1.29 is 9.32 Å². The van der Waals surface area contributed by atoms with Crippen molar-refractivity contribution in [3.05, 3.63) is 53.1 Å². The number of aryl methyl sites for hydroxylation is 1. The van der Waals surface area contributed by atoms with Crippen LogP contribution in [0, 0.1) is 0 Å². The standard InChI is InChI=1S/C18H19ClN6O2/c1-23-11-14(10-20-23)18(26)25-8-6-24(7-9-25)12-16-21-17(22-27-16)13-2-4-15(19)5-3-13/h2-5,10-11H,6-9,12H2,1H3. The molecule has 0 atom stereocenters. The Balaban J connectivity index is 1.33. The molecule has 3 heterocycles. The highest BCUT2D eigenvalue weighted by molar-refractivity contribution is 6.30. The maximum absolute atomic E-state index is 12.5. The third-order valence-corrected chi connectivity index (χ3v) is 4.79. The molecule has 140 valence electrons. The summed E-state index contributed by atoms with van der Waals surface area (Å²) in [6.45, 7) is 3.39. The number of halogens is 1. The van der Waals surface area contributed by atoms with Crippen molar-refractivity contribution in [2.75, 3.05) is 26.2 Å². The van der Waals surface area contributed by atoms with Crippen molar-refractivity contribution in [1.29, 1.82) is 0 Å². The number of hydrogen-bond donors (Lipinski definition) is 0. The maximum atomic E-state index is 12.5. The molecule has 0 N–H and O–H groups in total. The topological polar surface area (TPSA) is 80.3 Å². The first-order chi connectivity index (χ1) is 13.1. The normalized spacial score (nSPS) is 15.3. The lowest BCUT2D eigenvalue weighted by molar-refractivity contribution is 0.0615. The minimum atomic E-state index is 0.0190. The van der Waals surface area contributed by atoms with Gasteiger partial charge in [-0.05, 0) is 24.3 Å². The molecule has 2 aromatic heterocycles. The highest BCUT2D eigenvalue weighted by Crippen LogP contribution is 2.19. The molecular formula is C18H19ClN6O2. The van der Waals surface area contributed by atoms with Gasteiger partial charge in [0.2, 0.25) is 11.7 Å². The van der Waals surface area contributed by atoms with E-state index in [2.05, 4.69) is 20.1 Å². The van der Waals surface area contributed by atoms with Crippen molar-refractivity contribution in [3.8, 4) is 11.4 Å². The number of carbonyl (C=O) groups is 1. The SMILES string of the molecule is Cn1cc(C(=O)N2CCN(Cc3nc(-c4ccc(Cl)cc4)no3)CC2)cn1. The van der Waals surface area contributed by atoms with Crippen molar-refractivity contribution in [2.45, 2.75) is 6.54 Å². The van der Waals surface area contributed by atoms with E-state index < -0.39 is 0 Å². The molecule has 8 nitrogen and oxygen atoms in total. The summed E-state index contributed by atoms with van der Waals surface area (Å²) in [5.74, 6) is 1.13. The largest absolute Gasteiger partial charge is 0.338 e. The second-order valence-corrected chi connectivity index (χ2v) is 6.93. The monoisotopic (exact) mass is 386 g/mol. The molecular weight excluding hydrogens is 368 g/mol. The van der Waals surface area contributed by atoms with Crippen LogP contribution >= 0.6 is 11.6 Å². The van der Waals surface area contributed by atoms with Crippen LogP contribution in [0.2, 0.25) is 5.02 Å². The van der Waals surface area contributed by atoms with E-state index in [0.29, 0.717) is 41.9 Å². The Morgan fingerprint density at radius 2 is 1.93 bits per heavy atom. The second kappa shape index (κ2) is 7.50. The smallest absolute Gasteiger partial charge is 0.257 e. The Labute approximate surface area is 161 Å². The summed E-state index contributed by atoms with van der Waals surface area (Å²) in [6.07, 6.45) is 3.34. The lowest BCUT2D eigenvalue weighted by atomic mass is 10.2. The average molecular weight is 387 g/mol. The Morgan fingerprint density at radius 3 is 2.59 bits per heavy atom. The Kier molecular flexibility index (Phi) is 4.91. The van der Waals surface area contributed by atoms with Crippen LogP contribution in [0.15, 0.2) is 41.2 Å². The molecule has 4 rings (SSSR count). The van der Waals surface area contributed by atoms with E-state index in [9.17, 15) is 4.79 Å². The van der Waals surface area contributed by atoms with E-state index in [1.807, 2.05) is 17.0 Å². The number of piperazine rings is 1. The Morgan fingerprint density at radius 1 is 1.19 bits per heavy atom. The molecule has 1 aliphatic heterocycles.